The zero-order chi connectivity index (χ0) is 15.2. The van der Waals surface area contributed by atoms with Crippen molar-refractivity contribution >= 4 is 15.9 Å². The Bertz CT molecular complexity index is 417. The number of methoxy groups -OCH3 is 1. The standard InChI is InChI=1S/C16H25BrFNO/c1-16(2,3)13(11-19-7-8-20-4)9-12-10-14(17)5-6-15(12)18/h5-6,10,13,19H,7-9,11H2,1-4H3. The summed E-state index contributed by atoms with van der Waals surface area (Å²) in [5, 5.41) is 3.39. The van der Waals surface area contributed by atoms with Gasteiger partial charge in [-0.1, -0.05) is 36.7 Å². The molecule has 20 heavy (non-hydrogen) atoms. The van der Waals surface area contributed by atoms with E-state index in [1.54, 1.807) is 13.2 Å². The molecule has 4 heteroatoms. The van der Waals surface area contributed by atoms with Crippen LogP contribution in [0.3, 0.4) is 0 Å². The molecule has 0 saturated heterocycles. The molecule has 0 radical (unpaired) electrons. The molecular formula is C16H25BrFNO. The van der Waals surface area contributed by atoms with Crippen molar-refractivity contribution in [3.05, 3.63) is 34.1 Å². The van der Waals surface area contributed by atoms with Gasteiger partial charge in [-0.15, -0.1) is 0 Å². The number of halogens is 2. The molecule has 1 N–H and O–H groups in total. The average molecular weight is 346 g/mol. The van der Waals surface area contributed by atoms with Gasteiger partial charge in [0.1, 0.15) is 5.82 Å². The molecule has 0 spiro atoms. The van der Waals surface area contributed by atoms with Crippen molar-refractivity contribution in [1.82, 2.24) is 5.32 Å². The molecular weight excluding hydrogens is 321 g/mol. The number of rotatable bonds is 7. The molecule has 0 aliphatic rings. The SMILES string of the molecule is COCCNCC(Cc1cc(Br)ccc1F)C(C)(C)C. The van der Waals surface area contributed by atoms with E-state index in [4.69, 9.17) is 4.74 Å². The zero-order valence-corrected chi connectivity index (χ0v) is 14.4. The first-order chi connectivity index (χ1) is 9.34. The predicted octanol–water partition coefficient (Wildman–Crippen LogP) is 4.03. The number of ether oxygens (including phenoxy) is 1. The van der Waals surface area contributed by atoms with E-state index in [1.165, 1.54) is 6.07 Å². The van der Waals surface area contributed by atoms with Gasteiger partial charge in [0, 0.05) is 18.1 Å². The Morgan fingerprint density at radius 1 is 1.35 bits per heavy atom. The van der Waals surface area contributed by atoms with Crippen molar-refractivity contribution in [3.63, 3.8) is 0 Å². The van der Waals surface area contributed by atoms with Crippen LogP contribution in [0.5, 0.6) is 0 Å². The smallest absolute Gasteiger partial charge is 0.126 e. The summed E-state index contributed by atoms with van der Waals surface area (Å²) < 4.78 is 19.9. The fourth-order valence-corrected chi connectivity index (χ4v) is 2.51. The summed E-state index contributed by atoms with van der Waals surface area (Å²) in [5.74, 6) is 0.238. The summed E-state index contributed by atoms with van der Waals surface area (Å²) in [6.45, 7) is 8.98. The molecule has 1 rings (SSSR count). The third kappa shape index (κ3) is 5.90. The molecule has 0 heterocycles. The molecule has 0 saturated carbocycles. The van der Waals surface area contributed by atoms with E-state index in [2.05, 4.69) is 42.0 Å². The Labute approximate surface area is 130 Å². The number of hydrogen-bond acceptors (Lipinski definition) is 2. The van der Waals surface area contributed by atoms with Gasteiger partial charge in [0.2, 0.25) is 0 Å². The molecule has 0 bridgehead atoms. The highest BCUT2D eigenvalue weighted by Crippen LogP contribution is 2.30. The zero-order valence-electron chi connectivity index (χ0n) is 12.8. The van der Waals surface area contributed by atoms with Crippen molar-refractivity contribution in [1.29, 1.82) is 0 Å². The van der Waals surface area contributed by atoms with Crippen molar-refractivity contribution in [2.75, 3.05) is 26.8 Å². The van der Waals surface area contributed by atoms with Crippen LogP contribution in [-0.4, -0.2) is 26.8 Å². The molecule has 1 aromatic carbocycles. The Hall–Kier alpha value is -0.450. The summed E-state index contributed by atoms with van der Waals surface area (Å²) >= 11 is 3.41. The average Bonchev–Trinajstić information content (AvgIpc) is 2.36. The highest BCUT2D eigenvalue weighted by atomic mass is 79.9. The molecule has 0 amide bonds. The summed E-state index contributed by atoms with van der Waals surface area (Å²) in [6, 6.07) is 5.14. The number of benzene rings is 1. The summed E-state index contributed by atoms with van der Waals surface area (Å²) in [5.41, 5.74) is 0.891. The maximum absolute atomic E-state index is 13.9. The fourth-order valence-electron chi connectivity index (χ4n) is 2.10. The second-order valence-corrected chi connectivity index (χ2v) is 7.12. The van der Waals surface area contributed by atoms with Crippen molar-refractivity contribution < 1.29 is 9.13 Å². The predicted molar refractivity (Wildman–Crippen MR) is 85.5 cm³/mol. The van der Waals surface area contributed by atoms with Crippen LogP contribution in [0.15, 0.2) is 22.7 Å². The van der Waals surface area contributed by atoms with E-state index in [0.717, 1.165) is 29.5 Å². The van der Waals surface area contributed by atoms with E-state index >= 15 is 0 Å². The van der Waals surface area contributed by atoms with Gasteiger partial charge >= 0.3 is 0 Å². The van der Waals surface area contributed by atoms with Crippen molar-refractivity contribution in [2.45, 2.75) is 27.2 Å². The van der Waals surface area contributed by atoms with Crippen LogP contribution in [-0.2, 0) is 11.2 Å². The maximum atomic E-state index is 13.9. The highest BCUT2D eigenvalue weighted by Gasteiger charge is 2.25. The highest BCUT2D eigenvalue weighted by molar-refractivity contribution is 9.10. The monoisotopic (exact) mass is 345 g/mol. The van der Waals surface area contributed by atoms with Crippen molar-refractivity contribution in [3.8, 4) is 0 Å². The third-order valence-corrected chi connectivity index (χ3v) is 4.07. The minimum atomic E-state index is -0.126. The summed E-state index contributed by atoms with van der Waals surface area (Å²) in [7, 11) is 1.69. The van der Waals surface area contributed by atoms with E-state index in [9.17, 15) is 4.39 Å². The molecule has 1 aromatic rings. The van der Waals surface area contributed by atoms with E-state index < -0.39 is 0 Å². The van der Waals surface area contributed by atoms with E-state index in [1.807, 2.05) is 6.07 Å². The van der Waals surface area contributed by atoms with E-state index in [-0.39, 0.29) is 11.2 Å². The molecule has 0 aliphatic heterocycles. The Kier molecular flexibility index (Phi) is 7.13. The second-order valence-electron chi connectivity index (χ2n) is 6.20. The quantitative estimate of drug-likeness (QED) is 0.753. The van der Waals surface area contributed by atoms with Crippen LogP contribution < -0.4 is 5.32 Å². The van der Waals surface area contributed by atoms with Gasteiger partial charge in [-0.05, 0) is 48.1 Å². The first kappa shape index (κ1) is 17.6. The number of hydrogen-bond donors (Lipinski definition) is 1. The van der Waals surface area contributed by atoms with E-state index in [0.29, 0.717) is 12.5 Å². The van der Waals surface area contributed by atoms with Crippen LogP contribution in [0.4, 0.5) is 4.39 Å². The first-order valence-electron chi connectivity index (χ1n) is 6.98. The topological polar surface area (TPSA) is 21.3 Å². The molecule has 114 valence electrons. The lowest BCUT2D eigenvalue weighted by Gasteiger charge is -2.31. The molecule has 2 nitrogen and oxygen atoms in total. The third-order valence-electron chi connectivity index (χ3n) is 3.57. The van der Waals surface area contributed by atoms with Gasteiger partial charge in [-0.25, -0.2) is 4.39 Å². The normalized spacial score (nSPS) is 13.5. The molecule has 0 aliphatic carbocycles. The fraction of sp³-hybridized carbons (Fsp3) is 0.625. The minimum Gasteiger partial charge on any atom is -0.383 e. The van der Waals surface area contributed by atoms with Crippen LogP contribution >= 0.6 is 15.9 Å². The lowest BCUT2D eigenvalue weighted by molar-refractivity contribution is 0.186. The largest absolute Gasteiger partial charge is 0.383 e. The lowest BCUT2D eigenvalue weighted by Crippen LogP contribution is -2.35. The van der Waals surface area contributed by atoms with Crippen LogP contribution in [0, 0.1) is 17.2 Å². The molecule has 1 unspecified atom stereocenters. The van der Waals surface area contributed by atoms with Gasteiger partial charge in [0.15, 0.2) is 0 Å². The minimum absolute atomic E-state index is 0.120. The summed E-state index contributed by atoms with van der Waals surface area (Å²) in [4.78, 5) is 0. The van der Waals surface area contributed by atoms with Gasteiger partial charge in [-0.3, -0.25) is 0 Å². The molecule has 0 aromatic heterocycles. The van der Waals surface area contributed by atoms with Crippen molar-refractivity contribution in [2.24, 2.45) is 11.3 Å². The van der Waals surface area contributed by atoms with Gasteiger partial charge < -0.3 is 10.1 Å². The Balaban J connectivity index is 2.71. The first-order valence-corrected chi connectivity index (χ1v) is 7.77. The van der Waals surface area contributed by atoms with Crippen LogP contribution in [0.25, 0.3) is 0 Å². The second kappa shape index (κ2) is 8.11. The Morgan fingerprint density at radius 3 is 2.65 bits per heavy atom. The van der Waals surface area contributed by atoms with Gasteiger partial charge in [0.25, 0.3) is 0 Å². The van der Waals surface area contributed by atoms with Crippen LogP contribution in [0.2, 0.25) is 0 Å². The summed E-state index contributed by atoms with van der Waals surface area (Å²) in [6.07, 6.45) is 0.731. The maximum Gasteiger partial charge on any atom is 0.126 e. The van der Waals surface area contributed by atoms with Gasteiger partial charge in [-0.2, -0.15) is 0 Å². The van der Waals surface area contributed by atoms with Gasteiger partial charge in [0.05, 0.1) is 6.61 Å². The molecule has 1 atom stereocenters. The number of nitrogens with one attached hydrogen (secondary N) is 1. The lowest BCUT2D eigenvalue weighted by atomic mass is 9.77. The molecule has 0 fully saturated rings. The Morgan fingerprint density at radius 2 is 2.05 bits per heavy atom. The van der Waals surface area contributed by atoms with Crippen LogP contribution in [0.1, 0.15) is 26.3 Å².